The van der Waals surface area contributed by atoms with E-state index < -0.39 is 10.0 Å². The van der Waals surface area contributed by atoms with E-state index in [1.165, 1.54) is 12.1 Å². The van der Waals surface area contributed by atoms with E-state index in [1.54, 1.807) is 36.1 Å². The molecule has 1 aromatic heterocycles. The number of benzene rings is 1. The van der Waals surface area contributed by atoms with Crippen LogP contribution in [0.1, 0.15) is 11.3 Å². The zero-order valence-corrected chi connectivity index (χ0v) is 13.1. The Labute approximate surface area is 129 Å². The molecular weight excluding hydrogens is 308 g/mol. The Morgan fingerprint density at radius 3 is 2.52 bits per heavy atom. The predicted molar refractivity (Wildman–Crippen MR) is 84.2 cm³/mol. The summed E-state index contributed by atoms with van der Waals surface area (Å²) in [5, 5.41) is 4.12. The van der Waals surface area contributed by atoms with E-state index in [2.05, 4.69) is 9.82 Å². The SMILES string of the molecule is Cn1ccc(CNS(=O)(=O)c2ccc(CC(N)=S)cc2)n1. The molecule has 8 heteroatoms. The maximum Gasteiger partial charge on any atom is 0.240 e. The summed E-state index contributed by atoms with van der Waals surface area (Å²) in [6.45, 7) is 0.151. The van der Waals surface area contributed by atoms with Crippen molar-refractivity contribution in [1.29, 1.82) is 0 Å². The second-order valence-corrected chi connectivity index (χ2v) is 6.88. The van der Waals surface area contributed by atoms with E-state index in [1.807, 2.05) is 0 Å². The van der Waals surface area contributed by atoms with E-state index in [0.717, 1.165) is 5.56 Å². The summed E-state index contributed by atoms with van der Waals surface area (Å²) >= 11 is 4.82. The molecule has 6 nitrogen and oxygen atoms in total. The van der Waals surface area contributed by atoms with Gasteiger partial charge in [0.1, 0.15) is 0 Å². The van der Waals surface area contributed by atoms with Crippen molar-refractivity contribution in [3.63, 3.8) is 0 Å². The monoisotopic (exact) mass is 324 g/mol. The van der Waals surface area contributed by atoms with Crippen LogP contribution >= 0.6 is 12.2 Å². The molecule has 112 valence electrons. The topological polar surface area (TPSA) is 90.0 Å². The van der Waals surface area contributed by atoms with Crippen molar-refractivity contribution in [1.82, 2.24) is 14.5 Å². The van der Waals surface area contributed by atoms with Crippen LogP contribution in [-0.2, 0) is 30.0 Å². The molecule has 0 aliphatic carbocycles. The molecule has 0 atom stereocenters. The first-order chi connectivity index (χ1) is 9.87. The van der Waals surface area contributed by atoms with Gasteiger partial charge in [-0.3, -0.25) is 4.68 Å². The van der Waals surface area contributed by atoms with Crippen molar-refractivity contribution < 1.29 is 8.42 Å². The van der Waals surface area contributed by atoms with Crippen molar-refractivity contribution in [3.8, 4) is 0 Å². The minimum absolute atomic E-state index is 0.151. The van der Waals surface area contributed by atoms with Crippen LogP contribution in [0.15, 0.2) is 41.4 Å². The van der Waals surface area contributed by atoms with Crippen LogP contribution in [0.2, 0.25) is 0 Å². The summed E-state index contributed by atoms with van der Waals surface area (Å²) in [7, 11) is -1.78. The Bertz CT molecular complexity index is 736. The fraction of sp³-hybridized carbons (Fsp3) is 0.231. The van der Waals surface area contributed by atoms with Crippen molar-refractivity contribution in [2.75, 3.05) is 0 Å². The lowest BCUT2D eigenvalue weighted by Crippen LogP contribution is -2.23. The lowest BCUT2D eigenvalue weighted by molar-refractivity contribution is 0.579. The largest absolute Gasteiger partial charge is 0.393 e. The van der Waals surface area contributed by atoms with E-state index in [9.17, 15) is 8.42 Å². The molecule has 0 fully saturated rings. The summed E-state index contributed by atoms with van der Waals surface area (Å²) in [5.74, 6) is 0. The van der Waals surface area contributed by atoms with E-state index in [4.69, 9.17) is 18.0 Å². The molecule has 3 N–H and O–H groups in total. The van der Waals surface area contributed by atoms with Crippen LogP contribution in [0, 0.1) is 0 Å². The molecular formula is C13H16N4O2S2. The fourth-order valence-corrected chi connectivity index (χ4v) is 2.96. The van der Waals surface area contributed by atoms with E-state index >= 15 is 0 Å². The minimum atomic E-state index is -3.56. The molecule has 0 saturated heterocycles. The van der Waals surface area contributed by atoms with Crippen LogP contribution in [0.4, 0.5) is 0 Å². The van der Waals surface area contributed by atoms with Gasteiger partial charge in [0.25, 0.3) is 0 Å². The van der Waals surface area contributed by atoms with Gasteiger partial charge in [-0.1, -0.05) is 24.4 Å². The Hall–Kier alpha value is -1.77. The van der Waals surface area contributed by atoms with Crippen LogP contribution in [-0.4, -0.2) is 23.2 Å². The zero-order chi connectivity index (χ0) is 15.5. The van der Waals surface area contributed by atoms with Gasteiger partial charge in [0, 0.05) is 19.7 Å². The fourth-order valence-electron chi connectivity index (χ4n) is 1.80. The third-order valence-corrected chi connectivity index (χ3v) is 4.39. The molecule has 2 rings (SSSR count). The van der Waals surface area contributed by atoms with Gasteiger partial charge in [0.05, 0.1) is 22.1 Å². The standard InChI is InChI=1S/C13H16N4O2S2/c1-17-7-6-11(16-17)9-15-21(18,19)12-4-2-10(3-5-12)8-13(14)20/h2-7,15H,8-9H2,1H3,(H2,14,20). The molecule has 0 saturated carbocycles. The number of hydrogen-bond donors (Lipinski definition) is 2. The van der Waals surface area contributed by atoms with Crippen molar-refractivity contribution in [3.05, 3.63) is 47.8 Å². The maximum atomic E-state index is 12.1. The first kappa shape index (κ1) is 15.6. The first-order valence-corrected chi connectivity index (χ1v) is 8.11. The number of thiocarbonyl (C=S) groups is 1. The lowest BCUT2D eigenvalue weighted by Gasteiger charge is -2.06. The normalized spacial score (nSPS) is 11.5. The first-order valence-electron chi connectivity index (χ1n) is 6.22. The summed E-state index contributed by atoms with van der Waals surface area (Å²) in [4.78, 5) is 0.573. The molecule has 21 heavy (non-hydrogen) atoms. The van der Waals surface area contributed by atoms with Gasteiger partial charge >= 0.3 is 0 Å². The van der Waals surface area contributed by atoms with Gasteiger partial charge in [-0.25, -0.2) is 13.1 Å². The molecule has 0 radical (unpaired) electrons. The third-order valence-electron chi connectivity index (χ3n) is 2.82. The average molecular weight is 324 g/mol. The number of nitrogens with two attached hydrogens (primary N) is 1. The van der Waals surface area contributed by atoms with Gasteiger partial charge in [-0.15, -0.1) is 0 Å². The molecule has 0 unspecified atom stereocenters. The molecule has 1 heterocycles. The van der Waals surface area contributed by atoms with Crippen molar-refractivity contribution in [2.45, 2.75) is 17.9 Å². The highest BCUT2D eigenvalue weighted by molar-refractivity contribution is 7.89. The molecule has 0 aliphatic heterocycles. The molecule has 0 amide bonds. The van der Waals surface area contributed by atoms with Crippen LogP contribution in [0.3, 0.4) is 0 Å². The van der Waals surface area contributed by atoms with Gasteiger partial charge in [0.15, 0.2) is 0 Å². The number of aryl methyl sites for hydroxylation is 1. The molecule has 0 spiro atoms. The molecule has 1 aromatic carbocycles. The Kier molecular flexibility index (Phi) is 4.71. The quantitative estimate of drug-likeness (QED) is 0.765. The van der Waals surface area contributed by atoms with Crippen LogP contribution in [0.5, 0.6) is 0 Å². The molecule has 0 aliphatic rings. The van der Waals surface area contributed by atoms with Gasteiger partial charge in [-0.05, 0) is 23.8 Å². The van der Waals surface area contributed by atoms with Gasteiger partial charge in [-0.2, -0.15) is 5.10 Å². The van der Waals surface area contributed by atoms with E-state index in [-0.39, 0.29) is 11.4 Å². The van der Waals surface area contributed by atoms with Crippen molar-refractivity contribution >= 4 is 27.2 Å². The van der Waals surface area contributed by atoms with E-state index in [0.29, 0.717) is 17.1 Å². The second-order valence-electron chi connectivity index (χ2n) is 4.59. The predicted octanol–water partition coefficient (Wildman–Crippen LogP) is 0.727. The number of sulfonamides is 1. The smallest absolute Gasteiger partial charge is 0.240 e. The zero-order valence-electron chi connectivity index (χ0n) is 11.5. The number of hydrogen-bond acceptors (Lipinski definition) is 4. The summed E-state index contributed by atoms with van der Waals surface area (Å²) < 4.78 is 28.4. The highest BCUT2D eigenvalue weighted by Gasteiger charge is 2.14. The minimum Gasteiger partial charge on any atom is -0.393 e. The summed E-state index contributed by atoms with van der Waals surface area (Å²) in [6, 6.07) is 8.24. The number of nitrogens with one attached hydrogen (secondary N) is 1. The summed E-state index contributed by atoms with van der Waals surface area (Å²) in [5.41, 5.74) is 6.99. The third kappa shape index (κ3) is 4.35. The highest BCUT2D eigenvalue weighted by Crippen LogP contribution is 2.11. The number of aromatic nitrogens is 2. The number of rotatable bonds is 6. The molecule has 0 bridgehead atoms. The van der Waals surface area contributed by atoms with Crippen LogP contribution < -0.4 is 10.5 Å². The summed E-state index contributed by atoms with van der Waals surface area (Å²) in [6.07, 6.45) is 2.21. The lowest BCUT2D eigenvalue weighted by atomic mass is 10.1. The van der Waals surface area contributed by atoms with Gasteiger partial charge < -0.3 is 5.73 Å². The van der Waals surface area contributed by atoms with Crippen molar-refractivity contribution in [2.24, 2.45) is 12.8 Å². The maximum absolute atomic E-state index is 12.1. The Balaban J connectivity index is 2.06. The number of nitrogens with zero attached hydrogens (tertiary/aromatic N) is 2. The van der Waals surface area contributed by atoms with Crippen LogP contribution in [0.25, 0.3) is 0 Å². The van der Waals surface area contributed by atoms with Gasteiger partial charge in [0.2, 0.25) is 10.0 Å². The average Bonchev–Trinajstić information content (AvgIpc) is 2.82. The molecule has 2 aromatic rings. The second kappa shape index (κ2) is 6.33. The Morgan fingerprint density at radius 2 is 2.00 bits per heavy atom. The highest BCUT2D eigenvalue weighted by atomic mass is 32.2. The Morgan fingerprint density at radius 1 is 1.33 bits per heavy atom.